The fourth-order valence-electron chi connectivity index (χ4n) is 3.43. The average Bonchev–Trinajstić information content (AvgIpc) is 2.46. The highest BCUT2D eigenvalue weighted by molar-refractivity contribution is 5.51. The molecule has 0 spiro atoms. The zero-order valence-electron chi connectivity index (χ0n) is 12.0. The molecule has 3 rings (SSSR count). The summed E-state index contributed by atoms with van der Waals surface area (Å²) >= 11 is 0. The number of nitrogens with zero attached hydrogens (tertiary/aromatic N) is 1. The molecule has 1 aromatic rings. The summed E-state index contributed by atoms with van der Waals surface area (Å²) in [6.45, 7) is 3.34. The summed E-state index contributed by atoms with van der Waals surface area (Å²) in [4.78, 5) is 2.20. The second kappa shape index (κ2) is 5.70. The predicted octanol–water partition coefficient (Wildman–Crippen LogP) is 2.99. The van der Waals surface area contributed by atoms with E-state index < -0.39 is 0 Å². The third-order valence-corrected chi connectivity index (χ3v) is 4.54. The lowest BCUT2D eigenvalue weighted by Gasteiger charge is -2.45. The molecule has 2 fully saturated rings. The first-order valence-corrected chi connectivity index (χ1v) is 7.60. The van der Waals surface area contributed by atoms with Crippen LogP contribution in [0.4, 0.5) is 10.1 Å². The van der Waals surface area contributed by atoms with Crippen LogP contribution in [0.15, 0.2) is 18.2 Å². The van der Waals surface area contributed by atoms with Gasteiger partial charge in [0.05, 0.1) is 24.4 Å². The van der Waals surface area contributed by atoms with Gasteiger partial charge in [-0.1, -0.05) is 18.9 Å². The molecule has 0 radical (unpaired) electrons. The maximum Gasteiger partial charge on any atom is 0.146 e. The number of benzene rings is 1. The SMILES string of the molecule is C[C@H](N)c1ccc(N2CCOC3CCCCC32)c(F)c1. The van der Waals surface area contributed by atoms with Gasteiger partial charge in [-0.2, -0.15) is 0 Å². The van der Waals surface area contributed by atoms with Crippen molar-refractivity contribution in [1.82, 2.24) is 0 Å². The van der Waals surface area contributed by atoms with E-state index in [-0.39, 0.29) is 18.0 Å². The van der Waals surface area contributed by atoms with Crippen molar-refractivity contribution in [2.45, 2.75) is 50.8 Å². The van der Waals surface area contributed by atoms with Gasteiger partial charge in [-0.3, -0.25) is 0 Å². The second-order valence-electron chi connectivity index (χ2n) is 5.95. The van der Waals surface area contributed by atoms with Gasteiger partial charge in [-0.25, -0.2) is 4.39 Å². The minimum Gasteiger partial charge on any atom is -0.374 e. The van der Waals surface area contributed by atoms with Crippen LogP contribution in [0.2, 0.25) is 0 Å². The number of halogens is 1. The third-order valence-electron chi connectivity index (χ3n) is 4.54. The van der Waals surface area contributed by atoms with Crippen molar-refractivity contribution in [3.05, 3.63) is 29.6 Å². The molecule has 20 heavy (non-hydrogen) atoms. The summed E-state index contributed by atoms with van der Waals surface area (Å²) in [5.74, 6) is -0.161. The highest BCUT2D eigenvalue weighted by Crippen LogP contribution is 2.33. The first-order valence-electron chi connectivity index (χ1n) is 7.60. The topological polar surface area (TPSA) is 38.5 Å². The van der Waals surface area contributed by atoms with E-state index in [0.29, 0.717) is 18.3 Å². The number of fused-ring (bicyclic) bond motifs is 1. The average molecular weight is 278 g/mol. The van der Waals surface area contributed by atoms with Crippen molar-refractivity contribution < 1.29 is 9.13 Å². The Morgan fingerprint density at radius 1 is 1.35 bits per heavy atom. The van der Waals surface area contributed by atoms with Gasteiger partial charge in [0, 0.05) is 12.6 Å². The molecule has 0 bridgehead atoms. The second-order valence-corrected chi connectivity index (χ2v) is 5.95. The Kier molecular flexibility index (Phi) is 3.94. The third kappa shape index (κ3) is 2.54. The Hall–Kier alpha value is -1.13. The van der Waals surface area contributed by atoms with Crippen LogP contribution in [0.1, 0.15) is 44.2 Å². The molecule has 0 amide bonds. The Bertz CT molecular complexity index is 476. The van der Waals surface area contributed by atoms with Crippen LogP contribution >= 0.6 is 0 Å². The van der Waals surface area contributed by atoms with Crippen molar-refractivity contribution in [2.24, 2.45) is 5.73 Å². The molecule has 1 aliphatic carbocycles. The van der Waals surface area contributed by atoms with Crippen molar-refractivity contribution in [3.63, 3.8) is 0 Å². The minimum atomic E-state index is -0.161. The molecule has 1 aliphatic heterocycles. The van der Waals surface area contributed by atoms with E-state index in [2.05, 4.69) is 4.90 Å². The van der Waals surface area contributed by atoms with Crippen LogP contribution in [-0.4, -0.2) is 25.3 Å². The summed E-state index contributed by atoms with van der Waals surface area (Å²) in [5.41, 5.74) is 7.37. The molecule has 4 heteroatoms. The number of nitrogens with two attached hydrogens (primary N) is 1. The first kappa shape index (κ1) is 13.8. The molecule has 2 unspecified atom stereocenters. The molecular formula is C16H23FN2O. The summed E-state index contributed by atoms with van der Waals surface area (Å²) in [6.07, 6.45) is 4.90. The predicted molar refractivity (Wildman–Crippen MR) is 78.3 cm³/mol. The summed E-state index contributed by atoms with van der Waals surface area (Å²) < 4.78 is 20.3. The van der Waals surface area contributed by atoms with E-state index in [9.17, 15) is 4.39 Å². The quantitative estimate of drug-likeness (QED) is 0.904. The number of ether oxygens (including phenoxy) is 1. The number of morpholine rings is 1. The lowest BCUT2D eigenvalue weighted by atomic mass is 9.89. The Balaban J connectivity index is 1.87. The van der Waals surface area contributed by atoms with Gasteiger partial charge in [0.2, 0.25) is 0 Å². The number of hydrogen-bond donors (Lipinski definition) is 1. The van der Waals surface area contributed by atoms with Gasteiger partial charge in [-0.15, -0.1) is 0 Å². The molecule has 110 valence electrons. The summed E-state index contributed by atoms with van der Waals surface area (Å²) in [5, 5.41) is 0. The summed E-state index contributed by atoms with van der Waals surface area (Å²) in [7, 11) is 0. The highest BCUT2D eigenvalue weighted by atomic mass is 19.1. The Morgan fingerprint density at radius 2 is 2.15 bits per heavy atom. The Morgan fingerprint density at radius 3 is 2.90 bits per heavy atom. The molecular weight excluding hydrogens is 255 g/mol. The lowest BCUT2D eigenvalue weighted by Crippen LogP contribution is -2.53. The molecule has 3 atom stereocenters. The van der Waals surface area contributed by atoms with Crippen LogP contribution < -0.4 is 10.6 Å². The molecule has 1 aromatic carbocycles. The van der Waals surface area contributed by atoms with E-state index in [0.717, 1.165) is 24.9 Å². The van der Waals surface area contributed by atoms with Crippen LogP contribution in [-0.2, 0) is 4.74 Å². The number of hydrogen-bond acceptors (Lipinski definition) is 3. The van der Waals surface area contributed by atoms with Gasteiger partial charge in [0.25, 0.3) is 0 Å². The standard InChI is InChI=1S/C16H23FN2O/c1-11(18)12-6-7-14(13(17)10-12)19-8-9-20-16-5-3-2-4-15(16)19/h6-7,10-11,15-16H,2-5,8-9,18H2,1H3/t11-,15?,16?/m0/s1. The fourth-order valence-corrected chi connectivity index (χ4v) is 3.43. The molecule has 3 nitrogen and oxygen atoms in total. The van der Waals surface area contributed by atoms with Gasteiger partial charge in [0.15, 0.2) is 0 Å². The van der Waals surface area contributed by atoms with Crippen molar-refractivity contribution in [1.29, 1.82) is 0 Å². The van der Waals surface area contributed by atoms with Crippen molar-refractivity contribution >= 4 is 5.69 Å². The molecule has 2 N–H and O–H groups in total. The molecule has 1 saturated carbocycles. The molecule has 0 aromatic heterocycles. The minimum absolute atomic E-state index is 0.134. The molecule has 1 saturated heterocycles. The number of anilines is 1. The van der Waals surface area contributed by atoms with Crippen LogP contribution in [0.3, 0.4) is 0 Å². The highest BCUT2D eigenvalue weighted by Gasteiger charge is 2.35. The lowest BCUT2D eigenvalue weighted by molar-refractivity contribution is -0.00891. The maximum atomic E-state index is 14.4. The van der Waals surface area contributed by atoms with Crippen molar-refractivity contribution in [3.8, 4) is 0 Å². The van der Waals surface area contributed by atoms with E-state index in [1.807, 2.05) is 19.1 Å². The van der Waals surface area contributed by atoms with Crippen molar-refractivity contribution in [2.75, 3.05) is 18.1 Å². The van der Waals surface area contributed by atoms with E-state index in [1.165, 1.54) is 12.8 Å². The van der Waals surface area contributed by atoms with Gasteiger partial charge in [-0.05, 0) is 37.5 Å². The Labute approximate surface area is 119 Å². The van der Waals surface area contributed by atoms with Gasteiger partial charge in [0.1, 0.15) is 5.82 Å². The normalized spacial score (nSPS) is 28.1. The van der Waals surface area contributed by atoms with Crippen LogP contribution in [0.25, 0.3) is 0 Å². The van der Waals surface area contributed by atoms with Crippen LogP contribution in [0.5, 0.6) is 0 Å². The summed E-state index contributed by atoms with van der Waals surface area (Å²) in [6, 6.07) is 5.59. The zero-order valence-corrected chi connectivity index (χ0v) is 12.0. The van der Waals surface area contributed by atoms with E-state index in [4.69, 9.17) is 10.5 Å². The van der Waals surface area contributed by atoms with E-state index in [1.54, 1.807) is 6.07 Å². The fraction of sp³-hybridized carbons (Fsp3) is 0.625. The van der Waals surface area contributed by atoms with E-state index >= 15 is 0 Å². The smallest absolute Gasteiger partial charge is 0.146 e. The van der Waals surface area contributed by atoms with Gasteiger partial charge >= 0.3 is 0 Å². The monoisotopic (exact) mass is 278 g/mol. The largest absolute Gasteiger partial charge is 0.374 e. The molecule has 2 aliphatic rings. The zero-order chi connectivity index (χ0) is 14.1. The first-order chi connectivity index (χ1) is 9.66. The van der Waals surface area contributed by atoms with Gasteiger partial charge < -0.3 is 15.4 Å². The maximum absolute atomic E-state index is 14.4. The molecule has 1 heterocycles. The van der Waals surface area contributed by atoms with Crippen LogP contribution in [0, 0.1) is 5.82 Å². The number of rotatable bonds is 2.